The number of carboxylic acid groups (broad SMARTS) is 1. The molecule has 1 rings (SSSR count). The van der Waals surface area contributed by atoms with Crippen LogP contribution in [0.1, 0.15) is 26.3 Å². The molecule has 109 valence electrons. The molecule has 1 amide bonds. The molecule has 1 atom stereocenters. The Hall–Kier alpha value is -1.88. The predicted octanol–water partition coefficient (Wildman–Crippen LogP) is 2.71. The van der Waals surface area contributed by atoms with Gasteiger partial charge in [0.1, 0.15) is 6.04 Å². The highest BCUT2D eigenvalue weighted by Crippen LogP contribution is 2.17. The van der Waals surface area contributed by atoms with Gasteiger partial charge in [-0.1, -0.05) is 30.3 Å². The highest BCUT2D eigenvalue weighted by molar-refractivity contribution is 5.90. The fraction of sp³-hybridized carbons (Fsp3) is 0.400. The summed E-state index contributed by atoms with van der Waals surface area (Å²) in [7, 11) is 0. The van der Waals surface area contributed by atoms with E-state index in [-0.39, 0.29) is 6.42 Å². The lowest BCUT2D eigenvalue weighted by molar-refractivity contribution is -0.220. The fourth-order valence-corrected chi connectivity index (χ4v) is 1.70. The van der Waals surface area contributed by atoms with Gasteiger partial charge in [0, 0.05) is 13.3 Å². The summed E-state index contributed by atoms with van der Waals surface area (Å²) in [6, 6.07) is 8.20. The van der Waals surface area contributed by atoms with Crippen molar-refractivity contribution in [2.75, 3.05) is 0 Å². The van der Waals surface area contributed by atoms with Crippen molar-refractivity contribution >= 4 is 11.9 Å². The zero-order valence-corrected chi connectivity index (χ0v) is 12.0. The number of hydroxylamine groups is 2. The minimum atomic E-state index is -1.31. The molecule has 0 unspecified atom stereocenters. The van der Waals surface area contributed by atoms with E-state index in [1.165, 1.54) is 0 Å². The van der Waals surface area contributed by atoms with E-state index < -0.39 is 23.5 Å². The maximum absolute atomic E-state index is 11.7. The molecule has 0 aliphatic carbocycles. The second kappa shape index (κ2) is 6.52. The number of amides is 1. The fourth-order valence-electron chi connectivity index (χ4n) is 1.70. The Morgan fingerprint density at radius 1 is 1.30 bits per heavy atom. The number of hydrogen-bond acceptors (Lipinski definition) is 3. The molecule has 0 saturated heterocycles. The van der Waals surface area contributed by atoms with E-state index in [9.17, 15) is 14.7 Å². The van der Waals surface area contributed by atoms with Crippen molar-refractivity contribution in [3.8, 4) is 0 Å². The van der Waals surface area contributed by atoms with Crippen LogP contribution in [0.25, 0.3) is 0 Å². The molecule has 0 fully saturated rings. The lowest BCUT2D eigenvalue weighted by Crippen LogP contribution is -2.48. The molecule has 20 heavy (non-hydrogen) atoms. The highest BCUT2D eigenvalue weighted by Gasteiger charge is 2.32. The van der Waals surface area contributed by atoms with Crippen molar-refractivity contribution in [3.05, 3.63) is 42.8 Å². The van der Waals surface area contributed by atoms with Crippen LogP contribution in [0, 0.1) is 6.92 Å². The van der Waals surface area contributed by atoms with Gasteiger partial charge in [0.25, 0.3) is 0 Å². The number of ketones is 1. The number of hydrogen-bond donors (Lipinski definition) is 1. The van der Waals surface area contributed by atoms with E-state index in [2.05, 4.69) is 6.92 Å². The Kier molecular flexibility index (Phi) is 5.27. The van der Waals surface area contributed by atoms with Crippen LogP contribution in [0.4, 0.5) is 4.79 Å². The van der Waals surface area contributed by atoms with Gasteiger partial charge in [-0.15, -0.1) is 0 Å². The number of carbonyl (C=O) groups is 2. The number of benzene rings is 1. The minimum Gasteiger partial charge on any atom is -0.463 e. The molecule has 0 spiro atoms. The molecule has 0 heterocycles. The van der Waals surface area contributed by atoms with Gasteiger partial charge in [0.2, 0.25) is 0 Å². The first-order valence-electron chi connectivity index (χ1n) is 6.32. The second-order valence-electron chi connectivity index (χ2n) is 5.48. The van der Waals surface area contributed by atoms with Crippen LogP contribution >= 0.6 is 0 Å². The molecular weight excluding hydrogens is 258 g/mol. The zero-order valence-electron chi connectivity index (χ0n) is 12.0. The van der Waals surface area contributed by atoms with Crippen LogP contribution in [-0.4, -0.2) is 33.7 Å². The first kappa shape index (κ1) is 16.2. The van der Waals surface area contributed by atoms with E-state index in [0.29, 0.717) is 5.06 Å². The summed E-state index contributed by atoms with van der Waals surface area (Å²) in [6.07, 6.45) is -1.08. The largest absolute Gasteiger partial charge is 0.463 e. The van der Waals surface area contributed by atoms with Gasteiger partial charge < -0.3 is 5.11 Å². The molecule has 5 heteroatoms. The van der Waals surface area contributed by atoms with Crippen LogP contribution < -0.4 is 0 Å². The summed E-state index contributed by atoms with van der Waals surface area (Å²) in [5, 5.41) is 9.95. The molecule has 1 radical (unpaired) electrons. The highest BCUT2D eigenvalue weighted by atomic mass is 16.7. The van der Waals surface area contributed by atoms with E-state index >= 15 is 0 Å². The Labute approximate surface area is 119 Å². The summed E-state index contributed by atoms with van der Waals surface area (Å²) in [6.45, 7) is 8.50. The molecule has 0 aliphatic rings. The monoisotopic (exact) mass is 278 g/mol. The van der Waals surface area contributed by atoms with Crippen LogP contribution in [0.5, 0.6) is 0 Å². The second-order valence-corrected chi connectivity index (χ2v) is 5.48. The van der Waals surface area contributed by atoms with Crippen LogP contribution in [0.3, 0.4) is 0 Å². The normalized spacial score (nSPS) is 12.8. The van der Waals surface area contributed by atoms with Crippen molar-refractivity contribution in [3.63, 3.8) is 0 Å². The quantitative estimate of drug-likeness (QED) is 0.841. The van der Waals surface area contributed by atoms with E-state index in [0.717, 1.165) is 5.56 Å². The van der Waals surface area contributed by atoms with E-state index in [4.69, 9.17) is 4.84 Å². The third-order valence-corrected chi connectivity index (χ3v) is 2.49. The molecule has 0 aliphatic heterocycles. The first-order chi connectivity index (χ1) is 9.20. The number of rotatable bonds is 5. The summed E-state index contributed by atoms with van der Waals surface area (Å²) in [5.74, 6) is -0.500. The number of carbonyl (C=O) groups excluding carboxylic acids is 1. The number of Topliss-reactive ketones (excluding diaryl/α,β-unsaturated/α-hetero) is 1. The van der Waals surface area contributed by atoms with Crippen molar-refractivity contribution in [1.82, 2.24) is 5.06 Å². The Balaban J connectivity index is 2.97. The van der Waals surface area contributed by atoms with Gasteiger partial charge in [-0.05, 0) is 26.3 Å². The molecule has 0 aromatic heterocycles. The Morgan fingerprint density at radius 2 is 1.85 bits per heavy atom. The van der Waals surface area contributed by atoms with Crippen molar-refractivity contribution in [1.29, 1.82) is 0 Å². The molecule has 0 saturated carbocycles. The van der Waals surface area contributed by atoms with Crippen LogP contribution in [-0.2, 0) is 16.1 Å². The Morgan fingerprint density at radius 3 is 2.25 bits per heavy atom. The maximum atomic E-state index is 11.7. The van der Waals surface area contributed by atoms with Crippen LogP contribution in [0.2, 0.25) is 0 Å². The summed E-state index contributed by atoms with van der Waals surface area (Å²) < 4.78 is 0. The minimum absolute atomic E-state index is 0.228. The van der Waals surface area contributed by atoms with Gasteiger partial charge >= 0.3 is 6.09 Å². The van der Waals surface area contributed by atoms with E-state index in [1.54, 1.807) is 20.8 Å². The summed E-state index contributed by atoms with van der Waals surface area (Å²) in [4.78, 5) is 28.4. The van der Waals surface area contributed by atoms with Gasteiger partial charge in [-0.2, -0.15) is 5.06 Å². The van der Waals surface area contributed by atoms with Crippen molar-refractivity contribution < 1.29 is 19.5 Å². The van der Waals surface area contributed by atoms with Gasteiger partial charge in [-0.3, -0.25) is 9.63 Å². The van der Waals surface area contributed by atoms with Gasteiger partial charge in [-0.25, -0.2) is 4.79 Å². The van der Waals surface area contributed by atoms with Gasteiger partial charge in [0.15, 0.2) is 5.78 Å². The maximum Gasteiger partial charge on any atom is 0.432 e. The first-order valence-corrected chi connectivity index (χ1v) is 6.32. The molecule has 1 aromatic carbocycles. The molecule has 1 aromatic rings. The summed E-state index contributed by atoms with van der Waals surface area (Å²) >= 11 is 0. The average molecular weight is 278 g/mol. The molecule has 1 N–H and O–H groups in total. The van der Waals surface area contributed by atoms with Crippen LogP contribution in [0.15, 0.2) is 30.3 Å². The molecule has 5 nitrogen and oxygen atoms in total. The number of nitrogens with zero attached hydrogens (tertiary/aromatic N) is 1. The van der Waals surface area contributed by atoms with Crippen molar-refractivity contribution in [2.24, 2.45) is 0 Å². The predicted molar refractivity (Wildman–Crippen MR) is 75.0 cm³/mol. The standard InChI is InChI=1S/C15H20NO4/c1-11(17)13(10-12-8-6-5-7-9-12)16(14(18)19)20-15(2,3)4/h5-9,13H,1,10H2,2-4H3,(H,18,19)/t13-/m0/s1. The SMILES string of the molecule is [CH2]C(=O)[C@H](Cc1ccccc1)N(OC(C)(C)C)C(=O)O. The zero-order chi connectivity index (χ0) is 15.3. The third-order valence-electron chi connectivity index (χ3n) is 2.49. The molecule has 0 bridgehead atoms. The van der Waals surface area contributed by atoms with Crippen molar-refractivity contribution in [2.45, 2.75) is 38.8 Å². The summed E-state index contributed by atoms with van der Waals surface area (Å²) in [5.41, 5.74) is 0.126. The lowest BCUT2D eigenvalue weighted by Gasteiger charge is -2.32. The topological polar surface area (TPSA) is 66.8 Å². The lowest BCUT2D eigenvalue weighted by atomic mass is 10.0. The van der Waals surface area contributed by atoms with Gasteiger partial charge in [0.05, 0.1) is 5.60 Å². The molecular formula is C15H20NO4. The smallest absolute Gasteiger partial charge is 0.432 e. The Bertz CT molecular complexity index is 465. The van der Waals surface area contributed by atoms with E-state index in [1.807, 2.05) is 30.3 Å². The third kappa shape index (κ3) is 5.01. The average Bonchev–Trinajstić information content (AvgIpc) is 2.33.